The normalized spacial score (nSPS) is 13.5. The molecule has 3 aromatic rings. The highest BCUT2D eigenvalue weighted by atomic mass is 16.5. The summed E-state index contributed by atoms with van der Waals surface area (Å²) in [6, 6.07) is 11.5. The van der Waals surface area contributed by atoms with E-state index >= 15 is 0 Å². The molecular weight excluding hydrogens is 240 g/mol. The molecule has 2 heterocycles. The molecule has 0 aliphatic carbocycles. The van der Waals surface area contributed by atoms with Crippen molar-refractivity contribution in [3.8, 4) is 17.2 Å². The Balaban J connectivity index is 1.85. The van der Waals surface area contributed by atoms with Gasteiger partial charge in [0, 0.05) is 17.7 Å². The van der Waals surface area contributed by atoms with Gasteiger partial charge in [0.25, 0.3) is 0 Å². The Hall–Kier alpha value is -2.49. The van der Waals surface area contributed by atoms with Gasteiger partial charge in [-0.1, -0.05) is 0 Å². The number of nitrogen functional groups attached to an aromatic ring is 1. The Kier molecular flexibility index (Phi) is 2.06. The van der Waals surface area contributed by atoms with Crippen molar-refractivity contribution in [3.05, 3.63) is 42.0 Å². The largest absolute Gasteiger partial charge is 0.493 e. The van der Waals surface area contributed by atoms with Crippen LogP contribution < -0.4 is 10.5 Å². The third-order valence-corrected chi connectivity index (χ3v) is 3.35. The number of aromatic nitrogens is 1. The molecule has 1 aromatic heterocycles. The third kappa shape index (κ3) is 1.64. The monoisotopic (exact) mass is 252 g/mol. The van der Waals surface area contributed by atoms with Crippen molar-refractivity contribution in [3.63, 3.8) is 0 Å². The van der Waals surface area contributed by atoms with Gasteiger partial charge >= 0.3 is 0 Å². The first-order valence-corrected chi connectivity index (χ1v) is 6.22. The molecule has 0 atom stereocenters. The molecule has 94 valence electrons. The fourth-order valence-electron chi connectivity index (χ4n) is 2.39. The smallest absolute Gasteiger partial charge is 0.227 e. The number of rotatable bonds is 1. The molecular formula is C15H12N2O2. The summed E-state index contributed by atoms with van der Waals surface area (Å²) >= 11 is 0. The molecule has 0 saturated carbocycles. The van der Waals surface area contributed by atoms with E-state index in [1.807, 2.05) is 30.3 Å². The van der Waals surface area contributed by atoms with Gasteiger partial charge in [-0.05, 0) is 42.0 Å². The average Bonchev–Trinajstić information content (AvgIpc) is 3.02. The predicted octanol–water partition coefficient (Wildman–Crippen LogP) is 3.01. The molecule has 0 saturated heterocycles. The van der Waals surface area contributed by atoms with Crippen LogP contribution in [-0.2, 0) is 6.42 Å². The zero-order valence-electron chi connectivity index (χ0n) is 10.2. The number of hydrogen-bond donors (Lipinski definition) is 1. The van der Waals surface area contributed by atoms with Crippen molar-refractivity contribution in [1.82, 2.24) is 4.98 Å². The fourth-order valence-corrected chi connectivity index (χ4v) is 2.39. The molecule has 2 aromatic carbocycles. The lowest BCUT2D eigenvalue weighted by molar-refractivity contribution is 0.357. The number of fused-ring (bicyclic) bond motifs is 2. The maximum absolute atomic E-state index is 5.76. The van der Waals surface area contributed by atoms with Gasteiger partial charge in [0.15, 0.2) is 5.58 Å². The quantitative estimate of drug-likeness (QED) is 0.676. The van der Waals surface area contributed by atoms with E-state index in [9.17, 15) is 0 Å². The summed E-state index contributed by atoms with van der Waals surface area (Å²) in [6.45, 7) is 0.753. The van der Waals surface area contributed by atoms with E-state index in [0.717, 1.165) is 35.4 Å². The van der Waals surface area contributed by atoms with Crippen LogP contribution in [0.25, 0.3) is 22.6 Å². The second-order valence-corrected chi connectivity index (χ2v) is 4.67. The number of benzene rings is 2. The van der Waals surface area contributed by atoms with E-state index in [-0.39, 0.29) is 0 Å². The predicted molar refractivity (Wildman–Crippen MR) is 73.1 cm³/mol. The first-order chi connectivity index (χ1) is 9.29. The minimum Gasteiger partial charge on any atom is -0.493 e. The Morgan fingerprint density at radius 1 is 1.11 bits per heavy atom. The molecule has 2 N–H and O–H groups in total. The Morgan fingerprint density at radius 3 is 3.00 bits per heavy atom. The summed E-state index contributed by atoms with van der Waals surface area (Å²) in [5.41, 5.74) is 10.2. The van der Waals surface area contributed by atoms with Gasteiger partial charge in [0.1, 0.15) is 11.3 Å². The van der Waals surface area contributed by atoms with Crippen LogP contribution in [0.3, 0.4) is 0 Å². The van der Waals surface area contributed by atoms with Gasteiger partial charge in [-0.15, -0.1) is 0 Å². The molecule has 4 heteroatoms. The minimum atomic E-state index is 0.621. The second kappa shape index (κ2) is 3.75. The summed E-state index contributed by atoms with van der Waals surface area (Å²) in [5.74, 6) is 1.58. The number of anilines is 1. The zero-order chi connectivity index (χ0) is 12.8. The maximum atomic E-state index is 5.76. The van der Waals surface area contributed by atoms with Crippen molar-refractivity contribution in [2.24, 2.45) is 0 Å². The lowest BCUT2D eigenvalue weighted by atomic mass is 10.1. The van der Waals surface area contributed by atoms with Crippen LogP contribution in [0.4, 0.5) is 5.69 Å². The first kappa shape index (κ1) is 10.4. The molecule has 19 heavy (non-hydrogen) atoms. The molecule has 0 spiro atoms. The van der Waals surface area contributed by atoms with Crippen molar-refractivity contribution in [2.45, 2.75) is 6.42 Å². The van der Waals surface area contributed by atoms with E-state index < -0.39 is 0 Å². The lowest BCUT2D eigenvalue weighted by Crippen LogP contribution is -1.85. The standard InChI is InChI=1S/C15H12N2O2/c16-11-2-4-14-12(8-11)17-15(19-14)10-1-3-13-9(7-10)5-6-18-13/h1-4,7-8H,5-6,16H2. The number of nitrogens with zero attached hydrogens (tertiary/aromatic N) is 1. The van der Waals surface area contributed by atoms with Crippen LogP contribution in [0.5, 0.6) is 5.75 Å². The van der Waals surface area contributed by atoms with Crippen LogP contribution in [0.1, 0.15) is 5.56 Å². The van der Waals surface area contributed by atoms with E-state index in [1.165, 1.54) is 5.56 Å². The van der Waals surface area contributed by atoms with Crippen molar-refractivity contribution >= 4 is 16.8 Å². The highest BCUT2D eigenvalue weighted by Crippen LogP contribution is 2.31. The highest BCUT2D eigenvalue weighted by Gasteiger charge is 2.15. The van der Waals surface area contributed by atoms with Gasteiger partial charge < -0.3 is 14.9 Å². The maximum Gasteiger partial charge on any atom is 0.227 e. The Bertz CT molecular complexity index is 777. The molecule has 1 aliphatic rings. The summed E-state index contributed by atoms with van der Waals surface area (Å²) in [6.07, 6.45) is 0.941. The summed E-state index contributed by atoms with van der Waals surface area (Å²) in [5, 5.41) is 0. The van der Waals surface area contributed by atoms with Crippen LogP contribution in [0.2, 0.25) is 0 Å². The van der Waals surface area contributed by atoms with Crippen LogP contribution >= 0.6 is 0 Å². The molecule has 0 amide bonds. The molecule has 0 fully saturated rings. The first-order valence-electron chi connectivity index (χ1n) is 6.22. The topological polar surface area (TPSA) is 61.3 Å². The van der Waals surface area contributed by atoms with Crippen molar-refractivity contribution < 1.29 is 9.15 Å². The number of hydrogen-bond acceptors (Lipinski definition) is 4. The van der Waals surface area contributed by atoms with Crippen LogP contribution in [-0.4, -0.2) is 11.6 Å². The van der Waals surface area contributed by atoms with E-state index in [2.05, 4.69) is 11.1 Å². The minimum absolute atomic E-state index is 0.621. The van der Waals surface area contributed by atoms with Crippen molar-refractivity contribution in [2.75, 3.05) is 12.3 Å². The SMILES string of the molecule is Nc1ccc2oc(-c3ccc4c(c3)CCO4)nc2c1. The summed E-state index contributed by atoms with van der Waals surface area (Å²) in [4.78, 5) is 4.48. The van der Waals surface area contributed by atoms with Gasteiger partial charge in [0.2, 0.25) is 5.89 Å². The highest BCUT2D eigenvalue weighted by molar-refractivity contribution is 5.79. The van der Waals surface area contributed by atoms with Crippen LogP contribution in [0.15, 0.2) is 40.8 Å². The molecule has 1 aliphatic heterocycles. The number of oxazole rings is 1. The van der Waals surface area contributed by atoms with Gasteiger partial charge in [-0.25, -0.2) is 4.98 Å². The van der Waals surface area contributed by atoms with Crippen LogP contribution in [0, 0.1) is 0 Å². The molecule has 0 bridgehead atoms. The molecule has 0 unspecified atom stereocenters. The fraction of sp³-hybridized carbons (Fsp3) is 0.133. The third-order valence-electron chi connectivity index (χ3n) is 3.35. The number of ether oxygens (including phenoxy) is 1. The molecule has 0 radical (unpaired) electrons. The van der Waals surface area contributed by atoms with E-state index in [4.69, 9.17) is 14.9 Å². The van der Waals surface area contributed by atoms with Gasteiger partial charge in [-0.2, -0.15) is 0 Å². The average molecular weight is 252 g/mol. The Labute approximate surface area is 109 Å². The summed E-state index contributed by atoms with van der Waals surface area (Å²) < 4.78 is 11.3. The lowest BCUT2D eigenvalue weighted by Gasteiger charge is -2.00. The second-order valence-electron chi connectivity index (χ2n) is 4.67. The molecule has 4 nitrogen and oxygen atoms in total. The van der Waals surface area contributed by atoms with E-state index in [0.29, 0.717) is 11.6 Å². The summed E-state index contributed by atoms with van der Waals surface area (Å²) in [7, 11) is 0. The zero-order valence-corrected chi connectivity index (χ0v) is 10.2. The van der Waals surface area contributed by atoms with E-state index in [1.54, 1.807) is 0 Å². The van der Waals surface area contributed by atoms with Gasteiger partial charge in [-0.3, -0.25) is 0 Å². The van der Waals surface area contributed by atoms with Crippen molar-refractivity contribution in [1.29, 1.82) is 0 Å². The molecule has 4 rings (SSSR count). The Morgan fingerprint density at radius 2 is 2.05 bits per heavy atom. The van der Waals surface area contributed by atoms with Gasteiger partial charge in [0.05, 0.1) is 6.61 Å². The number of nitrogens with two attached hydrogens (primary N) is 1.